The molecule has 1 aromatic carbocycles. The molecule has 0 spiro atoms. The number of aryl methyl sites for hydroxylation is 1. The van der Waals surface area contributed by atoms with Crippen molar-refractivity contribution >= 4 is 29.3 Å². The van der Waals surface area contributed by atoms with Gasteiger partial charge in [-0.3, -0.25) is 24.1 Å². The normalized spacial score (nSPS) is 27.1. The Hall–Kier alpha value is -2.77. The van der Waals surface area contributed by atoms with Crippen LogP contribution in [-0.2, 0) is 19.2 Å². The molecule has 7 nitrogen and oxygen atoms in total. The van der Waals surface area contributed by atoms with Crippen molar-refractivity contribution in [1.29, 1.82) is 0 Å². The lowest BCUT2D eigenvalue weighted by atomic mass is 9.89. The highest BCUT2D eigenvalue weighted by Gasteiger charge is 2.39. The second-order valence-corrected chi connectivity index (χ2v) is 8.53. The maximum absolute atomic E-state index is 14.3. The van der Waals surface area contributed by atoms with Gasteiger partial charge in [-0.05, 0) is 50.3 Å². The Balaban J connectivity index is 1.31. The number of carbonyl (C=O) groups is 4. The van der Waals surface area contributed by atoms with Gasteiger partial charge in [0.05, 0.1) is 11.6 Å². The summed E-state index contributed by atoms with van der Waals surface area (Å²) in [4.78, 5) is 51.7. The average Bonchev–Trinajstić information content (AvgIpc) is 3.25. The molecule has 4 rings (SSSR count). The zero-order valence-electron chi connectivity index (χ0n) is 17.0. The van der Waals surface area contributed by atoms with Crippen LogP contribution >= 0.6 is 0 Å². The molecular weight excluding hydrogens is 389 g/mol. The van der Waals surface area contributed by atoms with Gasteiger partial charge in [0.1, 0.15) is 5.82 Å². The summed E-state index contributed by atoms with van der Waals surface area (Å²) in [7, 11) is 0. The smallest absolute Gasteiger partial charge is 0.229 e. The van der Waals surface area contributed by atoms with Crippen LogP contribution in [0, 0.1) is 18.7 Å². The van der Waals surface area contributed by atoms with E-state index in [1.807, 2.05) is 0 Å². The zero-order valence-corrected chi connectivity index (χ0v) is 17.0. The Morgan fingerprint density at radius 3 is 2.33 bits per heavy atom. The van der Waals surface area contributed by atoms with Crippen molar-refractivity contribution in [2.75, 3.05) is 11.4 Å². The largest absolute Gasteiger partial charge is 0.353 e. The minimum atomic E-state index is -0.516. The number of nitrogens with zero attached hydrogens (tertiary/aromatic N) is 2. The van der Waals surface area contributed by atoms with Crippen LogP contribution in [-0.4, -0.2) is 47.2 Å². The molecule has 1 atom stereocenters. The van der Waals surface area contributed by atoms with Crippen LogP contribution in [0.5, 0.6) is 0 Å². The molecule has 3 fully saturated rings. The van der Waals surface area contributed by atoms with E-state index in [0.717, 1.165) is 5.56 Å². The average molecular weight is 415 g/mol. The van der Waals surface area contributed by atoms with Crippen molar-refractivity contribution in [3.63, 3.8) is 0 Å². The summed E-state index contributed by atoms with van der Waals surface area (Å²) in [5.41, 5.74) is 0.978. The molecule has 4 amide bonds. The number of nitrogens with one attached hydrogen (secondary N) is 1. The third-order valence-corrected chi connectivity index (χ3v) is 6.39. The molecule has 1 aromatic rings. The van der Waals surface area contributed by atoms with Gasteiger partial charge in [0, 0.05) is 37.9 Å². The van der Waals surface area contributed by atoms with Gasteiger partial charge in [-0.15, -0.1) is 0 Å². The number of carbonyl (C=O) groups excluding carboxylic acids is 4. The second kappa shape index (κ2) is 8.16. The highest BCUT2D eigenvalue weighted by atomic mass is 19.1. The van der Waals surface area contributed by atoms with Gasteiger partial charge in [0.15, 0.2) is 0 Å². The van der Waals surface area contributed by atoms with Crippen molar-refractivity contribution < 1.29 is 23.6 Å². The van der Waals surface area contributed by atoms with E-state index in [1.54, 1.807) is 19.1 Å². The summed E-state index contributed by atoms with van der Waals surface area (Å²) >= 11 is 0. The maximum Gasteiger partial charge on any atom is 0.229 e. The summed E-state index contributed by atoms with van der Waals surface area (Å²) in [6.45, 7) is 1.94. The molecule has 0 bridgehead atoms. The van der Waals surface area contributed by atoms with Crippen LogP contribution in [0.4, 0.5) is 10.1 Å². The standard InChI is InChI=1S/C22H26FN3O4/c1-13-2-7-18(17(23)10-13)25-12-14(11-21(25)29)22(30)24-15-3-5-16(6-4-15)26-19(27)8-9-20(26)28/h2,7,10,14-16H,3-6,8-9,11-12H2,1H3,(H,24,30)/t14-,15?,16?/m0/s1. The van der Waals surface area contributed by atoms with Gasteiger partial charge in [0.25, 0.3) is 0 Å². The minimum Gasteiger partial charge on any atom is -0.353 e. The molecule has 1 aliphatic carbocycles. The lowest BCUT2D eigenvalue weighted by Crippen LogP contribution is -2.47. The molecule has 30 heavy (non-hydrogen) atoms. The van der Waals surface area contributed by atoms with Crippen molar-refractivity contribution in [2.24, 2.45) is 5.92 Å². The Morgan fingerprint density at radius 2 is 1.70 bits per heavy atom. The topological polar surface area (TPSA) is 86.8 Å². The molecule has 3 aliphatic rings. The molecule has 8 heteroatoms. The number of rotatable bonds is 4. The van der Waals surface area contributed by atoms with Gasteiger partial charge in [-0.25, -0.2) is 4.39 Å². The Kier molecular flexibility index (Phi) is 5.58. The number of halogens is 1. The van der Waals surface area contributed by atoms with E-state index in [-0.39, 0.29) is 54.4 Å². The predicted molar refractivity (Wildman–Crippen MR) is 107 cm³/mol. The van der Waals surface area contributed by atoms with Crippen LogP contribution in [0.15, 0.2) is 18.2 Å². The van der Waals surface area contributed by atoms with Gasteiger partial charge < -0.3 is 10.2 Å². The molecule has 0 unspecified atom stereocenters. The fraction of sp³-hybridized carbons (Fsp3) is 0.545. The number of amides is 4. The van der Waals surface area contributed by atoms with Crippen LogP contribution < -0.4 is 10.2 Å². The first-order valence-electron chi connectivity index (χ1n) is 10.5. The molecule has 2 heterocycles. The molecular formula is C22H26FN3O4. The highest BCUT2D eigenvalue weighted by Crippen LogP contribution is 2.30. The van der Waals surface area contributed by atoms with Crippen LogP contribution in [0.25, 0.3) is 0 Å². The molecule has 160 valence electrons. The molecule has 1 N–H and O–H groups in total. The van der Waals surface area contributed by atoms with Crippen molar-refractivity contribution in [2.45, 2.75) is 64.0 Å². The quantitative estimate of drug-likeness (QED) is 0.763. The van der Waals surface area contributed by atoms with Crippen LogP contribution in [0.1, 0.15) is 50.5 Å². The fourth-order valence-corrected chi connectivity index (χ4v) is 4.75. The number of benzene rings is 1. The van der Waals surface area contributed by atoms with Crippen molar-refractivity contribution in [3.8, 4) is 0 Å². The lowest BCUT2D eigenvalue weighted by molar-refractivity contribution is -0.142. The van der Waals surface area contributed by atoms with E-state index in [0.29, 0.717) is 38.5 Å². The molecule has 0 aromatic heterocycles. The summed E-state index contributed by atoms with van der Waals surface area (Å²) in [6.07, 6.45) is 3.37. The Labute approximate surface area is 174 Å². The van der Waals surface area contributed by atoms with Crippen LogP contribution in [0.2, 0.25) is 0 Å². The predicted octanol–water partition coefficient (Wildman–Crippen LogP) is 2.06. The number of hydrogen-bond donors (Lipinski definition) is 1. The van der Waals surface area contributed by atoms with Gasteiger partial charge in [-0.2, -0.15) is 0 Å². The summed E-state index contributed by atoms with van der Waals surface area (Å²) < 4.78 is 14.3. The molecule has 2 aliphatic heterocycles. The number of anilines is 1. The Morgan fingerprint density at radius 1 is 1.03 bits per heavy atom. The highest BCUT2D eigenvalue weighted by molar-refractivity contribution is 6.02. The maximum atomic E-state index is 14.3. The van der Waals surface area contributed by atoms with Crippen LogP contribution in [0.3, 0.4) is 0 Å². The second-order valence-electron chi connectivity index (χ2n) is 8.53. The molecule has 1 saturated carbocycles. The third-order valence-electron chi connectivity index (χ3n) is 6.39. The zero-order chi connectivity index (χ0) is 21.4. The van der Waals surface area contributed by atoms with E-state index in [9.17, 15) is 23.6 Å². The summed E-state index contributed by atoms with van der Waals surface area (Å²) in [6, 6.07) is 4.58. The first-order valence-corrected chi connectivity index (χ1v) is 10.5. The first-order chi connectivity index (χ1) is 14.3. The van der Waals surface area contributed by atoms with Crippen molar-refractivity contribution in [3.05, 3.63) is 29.6 Å². The fourth-order valence-electron chi connectivity index (χ4n) is 4.75. The number of likely N-dealkylation sites (tertiary alicyclic amines) is 1. The SMILES string of the molecule is Cc1ccc(N2C[C@@H](C(=O)NC3CCC(N4C(=O)CCC4=O)CC3)CC2=O)c(F)c1. The van der Waals surface area contributed by atoms with Gasteiger partial charge >= 0.3 is 0 Å². The van der Waals surface area contributed by atoms with Crippen molar-refractivity contribution in [1.82, 2.24) is 10.2 Å². The molecule has 2 saturated heterocycles. The van der Waals surface area contributed by atoms with E-state index in [4.69, 9.17) is 0 Å². The Bertz CT molecular complexity index is 878. The van der Waals surface area contributed by atoms with Gasteiger partial charge in [0.2, 0.25) is 23.6 Å². The number of imide groups is 1. The minimum absolute atomic E-state index is 0.0400. The van der Waals surface area contributed by atoms with E-state index < -0.39 is 11.7 Å². The monoisotopic (exact) mass is 415 g/mol. The number of hydrogen-bond acceptors (Lipinski definition) is 4. The summed E-state index contributed by atoms with van der Waals surface area (Å²) in [5.74, 6) is -1.63. The van der Waals surface area contributed by atoms with E-state index in [1.165, 1.54) is 15.9 Å². The first kappa shape index (κ1) is 20.5. The van der Waals surface area contributed by atoms with E-state index >= 15 is 0 Å². The van der Waals surface area contributed by atoms with Gasteiger partial charge in [-0.1, -0.05) is 6.07 Å². The molecule has 0 radical (unpaired) electrons. The summed E-state index contributed by atoms with van der Waals surface area (Å²) in [5, 5.41) is 3.01. The van der Waals surface area contributed by atoms with E-state index in [2.05, 4.69) is 5.32 Å². The lowest BCUT2D eigenvalue weighted by Gasteiger charge is -2.34. The third kappa shape index (κ3) is 3.95.